The Balaban J connectivity index is 1.43. The van der Waals surface area contributed by atoms with E-state index in [1.54, 1.807) is 36.7 Å². The highest BCUT2D eigenvalue weighted by atomic mass is 35.5. The monoisotopic (exact) mass is 383 g/mol. The molecule has 0 aliphatic heterocycles. The van der Waals surface area contributed by atoms with Crippen molar-refractivity contribution in [2.45, 2.75) is 19.4 Å². The third kappa shape index (κ3) is 5.64. The van der Waals surface area contributed by atoms with Gasteiger partial charge in [-0.2, -0.15) is 5.10 Å². The average Bonchev–Trinajstić information content (AvgIpc) is 3.05. The van der Waals surface area contributed by atoms with Crippen LogP contribution >= 0.6 is 11.6 Å². The molecular formula is C20H22ClN5O. The van der Waals surface area contributed by atoms with Crippen molar-refractivity contribution in [2.24, 2.45) is 7.05 Å². The number of amides is 1. The zero-order valence-corrected chi connectivity index (χ0v) is 15.9. The number of nitrogens with one attached hydrogen (secondary N) is 2. The summed E-state index contributed by atoms with van der Waals surface area (Å²) in [6.07, 6.45) is 6.75. The van der Waals surface area contributed by atoms with Crippen molar-refractivity contribution in [3.05, 3.63) is 65.6 Å². The fourth-order valence-corrected chi connectivity index (χ4v) is 2.90. The van der Waals surface area contributed by atoms with Crippen LogP contribution in [0.3, 0.4) is 0 Å². The summed E-state index contributed by atoms with van der Waals surface area (Å²) in [5, 5.41) is 11.4. The summed E-state index contributed by atoms with van der Waals surface area (Å²) in [4.78, 5) is 16.0. The molecule has 6 nitrogen and oxygen atoms in total. The topological polar surface area (TPSA) is 71.8 Å². The second-order valence-corrected chi connectivity index (χ2v) is 6.68. The van der Waals surface area contributed by atoms with Crippen LogP contribution in [0.25, 0.3) is 11.3 Å². The molecule has 7 heteroatoms. The first-order valence-corrected chi connectivity index (χ1v) is 9.18. The van der Waals surface area contributed by atoms with Gasteiger partial charge in [0, 0.05) is 60.4 Å². The highest BCUT2D eigenvalue weighted by molar-refractivity contribution is 6.30. The molecule has 0 saturated carbocycles. The molecule has 0 atom stereocenters. The van der Waals surface area contributed by atoms with Gasteiger partial charge in [-0.25, -0.2) is 0 Å². The SMILES string of the molecule is Cn1cc(CNCCCC(=O)Nc2ccc(Cl)cc2)c(-c2ccncc2)n1. The molecule has 1 aromatic carbocycles. The Hall–Kier alpha value is -2.70. The minimum atomic E-state index is -0.00188. The van der Waals surface area contributed by atoms with E-state index in [1.807, 2.05) is 30.1 Å². The third-order valence-electron chi connectivity index (χ3n) is 4.06. The summed E-state index contributed by atoms with van der Waals surface area (Å²) >= 11 is 5.84. The van der Waals surface area contributed by atoms with Crippen molar-refractivity contribution in [1.29, 1.82) is 0 Å². The number of hydrogen-bond acceptors (Lipinski definition) is 4. The van der Waals surface area contributed by atoms with Crippen molar-refractivity contribution >= 4 is 23.2 Å². The fourth-order valence-electron chi connectivity index (χ4n) is 2.77. The largest absolute Gasteiger partial charge is 0.326 e. The number of pyridine rings is 1. The van der Waals surface area contributed by atoms with Crippen LogP contribution in [0, 0.1) is 0 Å². The molecule has 0 fully saturated rings. The summed E-state index contributed by atoms with van der Waals surface area (Å²) < 4.78 is 1.81. The second kappa shape index (κ2) is 9.30. The zero-order valence-electron chi connectivity index (χ0n) is 15.2. The molecule has 1 amide bonds. The highest BCUT2D eigenvalue weighted by Gasteiger charge is 2.09. The smallest absolute Gasteiger partial charge is 0.224 e. The van der Waals surface area contributed by atoms with Gasteiger partial charge in [-0.05, 0) is 49.4 Å². The lowest BCUT2D eigenvalue weighted by atomic mass is 10.1. The molecule has 0 aliphatic rings. The Morgan fingerprint density at radius 1 is 1.15 bits per heavy atom. The van der Waals surface area contributed by atoms with E-state index in [-0.39, 0.29) is 5.91 Å². The molecule has 3 rings (SSSR count). The van der Waals surface area contributed by atoms with Crippen molar-refractivity contribution in [3.8, 4) is 11.3 Å². The molecule has 3 aromatic rings. The maximum absolute atomic E-state index is 12.0. The molecule has 0 saturated heterocycles. The summed E-state index contributed by atoms with van der Waals surface area (Å²) in [5.41, 5.74) is 3.88. The molecule has 0 radical (unpaired) electrons. The molecule has 140 valence electrons. The van der Waals surface area contributed by atoms with Crippen molar-refractivity contribution in [2.75, 3.05) is 11.9 Å². The van der Waals surface area contributed by atoms with Gasteiger partial charge < -0.3 is 10.6 Å². The number of anilines is 1. The third-order valence-corrected chi connectivity index (χ3v) is 4.31. The predicted molar refractivity (Wildman–Crippen MR) is 107 cm³/mol. The minimum Gasteiger partial charge on any atom is -0.326 e. The first-order chi connectivity index (χ1) is 13.1. The van der Waals surface area contributed by atoms with Crippen LogP contribution < -0.4 is 10.6 Å². The van der Waals surface area contributed by atoms with Crippen molar-refractivity contribution < 1.29 is 4.79 Å². The van der Waals surface area contributed by atoms with E-state index in [4.69, 9.17) is 11.6 Å². The van der Waals surface area contributed by atoms with E-state index in [1.165, 1.54) is 0 Å². The van der Waals surface area contributed by atoms with Gasteiger partial charge in [0.2, 0.25) is 5.91 Å². The standard InChI is InChI=1S/C20H22ClN5O/c1-26-14-16(20(25-26)15-8-11-22-12-9-15)13-23-10-2-3-19(27)24-18-6-4-17(21)5-7-18/h4-9,11-12,14,23H,2-3,10,13H2,1H3,(H,24,27). The number of benzene rings is 1. The van der Waals surface area contributed by atoms with E-state index >= 15 is 0 Å². The fraction of sp³-hybridized carbons (Fsp3) is 0.250. The lowest BCUT2D eigenvalue weighted by Gasteiger charge is -2.07. The van der Waals surface area contributed by atoms with Gasteiger partial charge in [-0.3, -0.25) is 14.5 Å². The molecule has 2 aromatic heterocycles. The van der Waals surface area contributed by atoms with Crippen LogP contribution in [0.5, 0.6) is 0 Å². The van der Waals surface area contributed by atoms with Gasteiger partial charge >= 0.3 is 0 Å². The summed E-state index contributed by atoms with van der Waals surface area (Å²) in [7, 11) is 1.91. The maximum atomic E-state index is 12.0. The maximum Gasteiger partial charge on any atom is 0.224 e. The van der Waals surface area contributed by atoms with Crippen LogP contribution in [-0.4, -0.2) is 27.2 Å². The molecule has 0 spiro atoms. The molecular weight excluding hydrogens is 362 g/mol. The molecule has 27 heavy (non-hydrogen) atoms. The number of nitrogens with zero attached hydrogens (tertiary/aromatic N) is 3. The highest BCUT2D eigenvalue weighted by Crippen LogP contribution is 2.20. The van der Waals surface area contributed by atoms with Gasteiger partial charge in [0.25, 0.3) is 0 Å². The van der Waals surface area contributed by atoms with Gasteiger partial charge in [-0.1, -0.05) is 11.6 Å². The number of carbonyl (C=O) groups excluding carboxylic acids is 1. The predicted octanol–water partition coefficient (Wildman–Crippen LogP) is 3.64. The van der Waals surface area contributed by atoms with Crippen molar-refractivity contribution in [3.63, 3.8) is 0 Å². The van der Waals surface area contributed by atoms with Crippen LogP contribution in [0.15, 0.2) is 55.0 Å². The van der Waals surface area contributed by atoms with Gasteiger partial charge in [0.05, 0.1) is 5.69 Å². The average molecular weight is 384 g/mol. The van der Waals surface area contributed by atoms with Crippen LogP contribution in [0.1, 0.15) is 18.4 Å². The molecule has 0 aliphatic carbocycles. The zero-order chi connectivity index (χ0) is 19.1. The summed E-state index contributed by atoms with van der Waals surface area (Å²) in [6.45, 7) is 1.45. The number of hydrogen-bond donors (Lipinski definition) is 2. The molecule has 2 heterocycles. The summed E-state index contributed by atoms with van der Waals surface area (Å²) in [5.74, 6) is -0.00188. The van der Waals surface area contributed by atoms with E-state index < -0.39 is 0 Å². The first kappa shape index (κ1) is 19.1. The number of aromatic nitrogens is 3. The molecule has 0 bridgehead atoms. The Labute approximate surface area is 163 Å². The second-order valence-electron chi connectivity index (χ2n) is 6.25. The van der Waals surface area contributed by atoms with Gasteiger partial charge in [0.15, 0.2) is 0 Å². The number of aryl methyl sites for hydroxylation is 1. The number of halogens is 1. The molecule has 0 unspecified atom stereocenters. The number of carbonyl (C=O) groups is 1. The van der Waals surface area contributed by atoms with E-state index in [9.17, 15) is 4.79 Å². The van der Waals surface area contributed by atoms with E-state index in [0.717, 1.165) is 35.5 Å². The van der Waals surface area contributed by atoms with Crippen molar-refractivity contribution in [1.82, 2.24) is 20.1 Å². The summed E-state index contributed by atoms with van der Waals surface area (Å²) in [6, 6.07) is 11.0. The Morgan fingerprint density at radius 2 is 1.89 bits per heavy atom. The van der Waals surface area contributed by atoms with Crippen LogP contribution in [0.4, 0.5) is 5.69 Å². The van der Waals surface area contributed by atoms with Gasteiger partial charge in [-0.15, -0.1) is 0 Å². The lowest BCUT2D eigenvalue weighted by molar-refractivity contribution is -0.116. The van der Waals surface area contributed by atoms with E-state index in [0.29, 0.717) is 18.0 Å². The number of rotatable bonds is 8. The van der Waals surface area contributed by atoms with Gasteiger partial charge in [0.1, 0.15) is 0 Å². The Morgan fingerprint density at radius 3 is 2.63 bits per heavy atom. The minimum absolute atomic E-state index is 0.00188. The molecule has 2 N–H and O–H groups in total. The lowest BCUT2D eigenvalue weighted by Crippen LogP contribution is -2.18. The Kier molecular flexibility index (Phi) is 6.57. The van der Waals surface area contributed by atoms with E-state index in [2.05, 4.69) is 20.7 Å². The van der Waals surface area contributed by atoms with Crippen LogP contribution in [-0.2, 0) is 18.4 Å². The van der Waals surface area contributed by atoms with Crippen LogP contribution in [0.2, 0.25) is 5.02 Å². The first-order valence-electron chi connectivity index (χ1n) is 8.81. The normalized spacial score (nSPS) is 10.7. The quantitative estimate of drug-likeness (QED) is 0.582. The Bertz CT molecular complexity index is 877.